The first kappa shape index (κ1) is 12.4. The predicted octanol–water partition coefficient (Wildman–Crippen LogP) is 1.63. The number of carbonyl (C=O) groups excluding carboxylic acids is 2. The molecule has 0 aliphatic heterocycles. The van der Waals surface area contributed by atoms with E-state index >= 15 is 0 Å². The summed E-state index contributed by atoms with van der Waals surface area (Å²) in [5, 5.41) is 9.48. The first-order chi connectivity index (χ1) is 8.56. The first-order valence-electron chi connectivity index (χ1n) is 5.15. The molecule has 0 amide bonds. The van der Waals surface area contributed by atoms with Gasteiger partial charge in [-0.25, -0.2) is 9.48 Å². The van der Waals surface area contributed by atoms with Crippen molar-refractivity contribution in [3.05, 3.63) is 27.7 Å². The molecular formula is C11H11N3O3S. The molecule has 94 valence electrons. The molecule has 0 radical (unpaired) electrons. The Bertz CT molecular complexity index is 615. The summed E-state index contributed by atoms with van der Waals surface area (Å²) in [6.45, 7) is 3.16. The zero-order valence-corrected chi connectivity index (χ0v) is 10.9. The Labute approximate surface area is 107 Å². The summed E-state index contributed by atoms with van der Waals surface area (Å²) in [7, 11) is 1.32. The van der Waals surface area contributed by atoms with Gasteiger partial charge in [0.25, 0.3) is 0 Å². The monoisotopic (exact) mass is 265 g/mol. The Morgan fingerprint density at radius 2 is 2.17 bits per heavy atom. The third-order valence-corrected chi connectivity index (χ3v) is 3.36. The number of nitrogens with zero attached hydrogens (tertiary/aromatic N) is 3. The SMILES string of the molecule is COC(=O)c1sccc1-n1nnc(C(C)=O)c1C. The Kier molecular flexibility index (Phi) is 3.24. The standard InChI is InChI=1S/C11H11N3O3S/c1-6-9(7(2)15)12-13-14(6)8-4-5-18-10(8)11(16)17-3/h4-5H,1-3H3. The maximum atomic E-state index is 11.6. The summed E-state index contributed by atoms with van der Waals surface area (Å²) in [4.78, 5) is 23.3. The smallest absolute Gasteiger partial charge is 0.350 e. The van der Waals surface area contributed by atoms with E-state index in [4.69, 9.17) is 4.74 Å². The van der Waals surface area contributed by atoms with Crippen molar-refractivity contribution in [3.63, 3.8) is 0 Å². The molecule has 2 rings (SSSR count). The van der Waals surface area contributed by atoms with Gasteiger partial charge in [-0.1, -0.05) is 5.21 Å². The molecule has 0 saturated heterocycles. The number of hydrogen-bond acceptors (Lipinski definition) is 6. The van der Waals surface area contributed by atoms with Crippen molar-refractivity contribution in [1.82, 2.24) is 15.0 Å². The maximum absolute atomic E-state index is 11.6. The number of hydrogen-bond donors (Lipinski definition) is 0. The van der Waals surface area contributed by atoms with Crippen LogP contribution in [0, 0.1) is 6.92 Å². The van der Waals surface area contributed by atoms with E-state index in [2.05, 4.69) is 10.3 Å². The summed E-state index contributed by atoms with van der Waals surface area (Å²) in [6, 6.07) is 1.74. The van der Waals surface area contributed by atoms with Crippen LogP contribution in [0.2, 0.25) is 0 Å². The Morgan fingerprint density at radius 1 is 1.44 bits per heavy atom. The number of carbonyl (C=O) groups is 2. The van der Waals surface area contributed by atoms with Crippen LogP contribution in [0.4, 0.5) is 0 Å². The second kappa shape index (κ2) is 4.69. The zero-order valence-electron chi connectivity index (χ0n) is 10.1. The Morgan fingerprint density at radius 3 is 2.72 bits per heavy atom. The van der Waals surface area contributed by atoms with Gasteiger partial charge in [0.1, 0.15) is 4.88 Å². The van der Waals surface area contributed by atoms with Gasteiger partial charge >= 0.3 is 5.97 Å². The molecule has 0 aliphatic rings. The number of esters is 1. The van der Waals surface area contributed by atoms with Crippen molar-refractivity contribution in [1.29, 1.82) is 0 Å². The van der Waals surface area contributed by atoms with Crippen molar-refractivity contribution < 1.29 is 14.3 Å². The fourth-order valence-electron chi connectivity index (χ4n) is 1.60. The number of methoxy groups -OCH3 is 1. The van der Waals surface area contributed by atoms with E-state index in [1.54, 1.807) is 18.4 Å². The first-order valence-corrected chi connectivity index (χ1v) is 6.03. The molecular weight excluding hydrogens is 254 g/mol. The third-order valence-electron chi connectivity index (χ3n) is 2.47. The highest BCUT2D eigenvalue weighted by Gasteiger charge is 2.20. The van der Waals surface area contributed by atoms with Crippen molar-refractivity contribution in [2.45, 2.75) is 13.8 Å². The predicted molar refractivity (Wildman–Crippen MR) is 65.3 cm³/mol. The van der Waals surface area contributed by atoms with Gasteiger partial charge in [0.2, 0.25) is 0 Å². The van der Waals surface area contributed by atoms with Crippen LogP contribution in [0.3, 0.4) is 0 Å². The number of Topliss-reactive ketones (excluding diaryl/α,β-unsaturated/α-hetero) is 1. The van der Waals surface area contributed by atoms with E-state index in [0.29, 0.717) is 22.0 Å². The minimum atomic E-state index is -0.431. The molecule has 0 bridgehead atoms. The summed E-state index contributed by atoms with van der Waals surface area (Å²) < 4.78 is 6.17. The lowest BCUT2D eigenvalue weighted by atomic mass is 10.2. The summed E-state index contributed by atoms with van der Waals surface area (Å²) in [5.74, 6) is -0.590. The van der Waals surface area contributed by atoms with E-state index in [1.165, 1.54) is 30.1 Å². The Hall–Kier alpha value is -2.02. The van der Waals surface area contributed by atoms with Crippen LogP contribution in [-0.4, -0.2) is 33.9 Å². The number of ether oxygens (including phenoxy) is 1. The van der Waals surface area contributed by atoms with Crippen LogP contribution in [0.5, 0.6) is 0 Å². The summed E-state index contributed by atoms with van der Waals surface area (Å²) >= 11 is 1.26. The van der Waals surface area contributed by atoms with Crippen LogP contribution in [0.15, 0.2) is 11.4 Å². The van der Waals surface area contributed by atoms with Crippen molar-refractivity contribution in [3.8, 4) is 5.69 Å². The average molecular weight is 265 g/mol. The average Bonchev–Trinajstić information content (AvgIpc) is 2.93. The molecule has 7 heteroatoms. The molecule has 0 fully saturated rings. The molecule has 0 N–H and O–H groups in total. The fraction of sp³-hybridized carbons (Fsp3) is 0.273. The molecule has 0 unspecified atom stereocenters. The minimum absolute atomic E-state index is 0.159. The highest BCUT2D eigenvalue weighted by molar-refractivity contribution is 7.12. The Balaban J connectivity index is 2.53. The second-order valence-corrected chi connectivity index (χ2v) is 4.53. The van der Waals surface area contributed by atoms with Crippen molar-refractivity contribution in [2.75, 3.05) is 7.11 Å². The highest BCUT2D eigenvalue weighted by atomic mass is 32.1. The van der Waals surface area contributed by atoms with Crippen molar-refractivity contribution >= 4 is 23.1 Å². The number of rotatable bonds is 3. The normalized spacial score (nSPS) is 10.4. The van der Waals surface area contributed by atoms with Gasteiger partial charge in [0.05, 0.1) is 18.5 Å². The zero-order chi connectivity index (χ0) is 13.3. The molecule has 2 heterocycles. The van der Waals surface area contributed by atoms with Gasteiger partial charge in [-0.3, -0.25) is 4.79 Å². The number of thiophene rings is 1. The van der Waals surface area contributed by atoms with Crippen LogP contribution in [0.25, 0.3) is 5.69 Å². The van der Waals surface area contributed by atoms with E-state index in [9.17, 15) is 9.59 Å². The molecule has 0 spiro atoms. The molecule has 2 aromatic rings. The van der Waals surface area contributed by atoms with E-state index in [-0.39, 0.29) is 5.78 Å². The molecule has 0 aliphatic carbocycles. The number of aromatic nitrogens is 3. The van der Waals surface area contributed by atoms with Crippen LogP contribution >= 0.6 is 11.3 Å². The van der Waals surface area contributed by atoms with Gasteiger partial charge in [0, 0.05) is 6.92 Å². The lowest BCUT2D eigenvalue weighted by Gasteiger charge is -2.03. The van der Waals surface area contributed by atoms with Gasteiger partial charge in [-0.05, 0) is 18.4 Å². The largest absolute Gasteiger partial charge is 0.465 e. The van der Waals surface area contributed by atoms with Crippen LogP contribution < -0.4 is 0 Å². The van der Waals surface area contributed by atoms with E-state index < -0.39 is 5.97 Å². The highest BCUT2D eigenvalue weighted by Crippen LogP contribution is 2.23. The molecule has 18 heavy (non-hydrogen) atoms. The molecule has 2 aromatic heterocycles. The minimum Gasteiger partial charge on any atom is -0.465 e. The van der Waals surface area contributed by atoms with Gasteiger partial charge in [0.15, 0.2) is 11.5 Å². The van der Waals surface area contributed by atoms with Crippen molar-refractivity contribution in [2.24, 2.45) is 0 Å². The van der Waals surface area contributed by atoms with Crippen LogP contribution in [-0.2, 0) is 4.74 Å². The third kappa shape index (κ3) is 1.92. The fourth-order valence-corrected chi connectivity index (χ4v) is 2.39. The second-order valence-electron chi connectivity index (χ2n) is 3.62. The molecule has 6 nitrogen and oxygen atoms in total. The topological polar surface area (TPSA) is 74.1 Å². The van der Waals surface area contributed by atoms with E-state index in [0.717, 1.165) is 0 Å². The molecule has 0 saturated carbocycles. The quantitative estimate of drug-likeness (QED) is 0.623. The molecule has 0 aromatic carbocycles. The van der Waals surface area contributed by atoms with E-state index in [1.807, 2.05) is 0 Å². The maximum Gasteiger partial charge on any atom is 0.350 e. The summed E-state index contributed by atoms with van der Waals surface area (Å²) in [6.07, 6.45) is 0. The number of ketones is 1. The van der Waals surface area contributed by atoms with Crippen LogP contribution in [0.1, 0.15) is 32.8 Å². The summed E-state index contributed by atoms with van der Waals surface area (Å²) in [5.41, 5.74) is 1.48. The lowest BCUT2D eigenvalue weighted by Crippen LogP contribution is -2.07. The van der Waals surface area contributed by atoms with Gasteiger partial charge in [-0.2, -0.15) is 0 Å². The lowest BCUT2D eigenvalue weighted by molar-refractivity contribution is 0.0606. The van der Waals surface area contributed by atoms with Gasteiger partial charge < -0.3 is 4.74 Å². The van der Waals surface area contributed by atoms with Gasteiger partial charge in [-0.15, -0.1) is 16.4 Å². The molecule has 0 atom stereocenters.